The first-order chi connectivity index (χ1) is 11.6. The zero-order valence-corrected chi connectivity index (χ0v) is 15.4. The van der Waals surface area contributed by atoms with Crippen LogP contribution in [0.4, 0.5) is 0 Å². The summed E-state index contributed by atoms with van der Waals surface area (Å²) in [6.07, 6.45) is 3.89. The van der Waals surface area contributed by atoms with Gasteiger partial charge in [0.2, 0.25) is 0 Å². The van der Waals surface area contributed by atoms with Gasteiger partial charge in [0.25, 0.3) is 5.56 Å². The summed E-state index contributed by atoms with van der Waals surface area (Å²) in [5.41, 5.74) is 0.0924. The fourth-order valence-corrected chi connectivity index (χ4v) is 2.57. The number of carbonyl (C=O) groups excluding carboxylic acids is 1. The first-order valence-corrected chi connectivity index (χ1v) is 8.53. The first-order valence-electron chi connectivity index (χ1n) is 8.53. The molecule has 1 fully saturated rings. The Bertz CT molecular complexity index is 911. The molecule has 1 saturated carbocycles. The molecule has 0 radical (unpaired) electrons. The Morgan fingerprint density at radius 3 is 2.48 bits per heavy atom. The molecule has 2 aromatic rings. The number of fused-ring (bicyclic) bond motifs is 1. The fourth-order valence-electron chi connectivity index (χ4n) is 2.57. The SMILES string of the molecule is C=C(C(=O)OC(C)(C)C)n1nc(C(C)C)c2nn(C3CC3)cc2c1=O. The third kappa shape index (κ3) is 3.36. The quantitative estimate of drug-likeness (QED) is 0.629. The highest BCUT2D eigenvalue weighted by Crippen LogP contribution is 2.35. The van der Waals surface area contributed by atoms with Crippen molar-refractivity contribution in [3.63, 3.8) is 0 Å². The highest BCUT2D eigenvalue weighted by molar-refractivity contribution is 6.09. The number of hydrogen-bond acceptors (Lipinski definition) is 5. The lowest BCUT2D eigenvalue weighted by atomic mass is 10.1. The van der Waals surface area contributed by atoms with Crippen LogP contribution in [0.5, 0.6) is 0 Å². The Balaban J connectivity index is 2.12. The molecule has 0 saturated heterocycles. The Labute approximate surface area is 146 Å². The number of hydrogen-bond donors (Lipinski definition) is 0. The summed E-state index contributed by atoms with van der Waals surface area (Å²) in [7, 11) is 0. The predicted molar refractivity (Wildman–Crippen MR) is 95.3 cm³/mol. The van der Waals surface area contributed by atoms with E-state index < -0.39 is 17.1 Å². The average molecular weight is 344 g/mol. The van der Waals surface area contributed by atoms with Crippen LogP contribution < -0.4 is 5.56 Å². The van der Waals surface area contributed by atoms with Gasteiger partial charge in [-0.1, -0.05) is 20.4 Å². The van der Waals surface area contributed by atoms with E-state index in [1.807, 2.05) is 18.5 Å². The highest BCUT2D eigenvalue weighted by Gasteiger charge is 2.28. The summed E-state index contributed by atoms with van der Waals surface area (Å²) in [6, 6.07) is 0.356. The molecule has 7 heteroatoms. The molecular weight excluding hydrogens is 320 g/mol. The smallest absolute Gasteiger partial charge is 0.357 e. The monoisotopic (exact) mass is 344 g/mol. The van der Waals surface area contributed by atoms with Gasteiger partial charge in [0.1, 0.15) is 16.8 Å². The molecule has 1 aliphatic rings. The standard InChI is InChI=1S/C18H24N4O3/c1-10(2)14-15-13(9-21(19-15)12-7-8-12)16(23)22(20-14)11(3)17(24)25-18(4,5)6/h9-10,12H,3,7-8H2,1-2,4-6H3. The molecule has 0 aliphatic heterocycles. The fraction of sp³-hybridized carbons (Fsp3) is 0.556. The van der Waals surface area contributed by atoms with E-state index in [-0.39, 0.29) is 11.6 Å². The van der Waals surface area contributed by atoms with E-state index in [1.54, 1.807) is 27.0 Å². The Morgan fingerprint density at radius 1 is 1.32 bits per heavy atom. The van der Waals surface area contributed by atoms with Crippen LogP contribution in [0.15, 0.2) is 17.6 Å². The summed E-state index contributed by atoms with van der Waals surface area (Å²) in [5, 5.41) is 9.38. The Hall–Kier alpha value is -2.44. The van der Waals surface area contributed by atoms with Gasteiger partial charge < -0.3 is 4.74 Å². The number of aromatic nitrogens is 4. The average Bonchev–Trinajstić information content (AvgIpc) is 3.24. The molecule has 0 N–H and O–H groups in total. The maximum absolute atomic E-state index is 12.8. The molecule has 0 aromatic carbocycles. The molecule has 3 rings (SSSR count). The van der Waals surface area contributed by atoms with Crippen LogP contribution >= 0.6 is 0 Å². The summed E-state index contributed by atoms with van der Waals surface area (Å²) in [6.45, 7) is 13.0. The van der Waals surface area contributed by atoms with Gasteiger partial charge in [-0.3, -0.25) is 9.48 Å². The Morgan fingerprint density at radius 2 is 1.96 bits per heavy atom. The van der Waals surface area contributed by atoms with Crippen LogP contribution in [0.2, 0.25) is 0 Å². The van der Waals surface area contributed by atoms with Gasteiger partial charge >= 0.3 is 5.97 Å². The van der Waals surface area contributed by atoms with Crippen LogP contribution in [0.3, 0.4) is 0 Å². The molecule has 1 aliphatic carbocycles. The topological polar surface area (TPSA) is 79.0 Å². The number of esters is 1. The van der Waals surface area contributed by atoms with Gasteiger partial charge in [-0.15, -0.1) is 0 Å². The highest BCUT2D eigenvalue weighted by atomic mass is 16.6. The van der Waals surface area contributed by atoms with Gasteiger partial charge in [-0.25, -0.2) is 4.79 Å². The van der Waals surface area contributed by atoms with E-state index in [0.29, 0.717) is 22.6 Å². The molecule has 0 amide bonds. The second kappa shape index (κ2) is 5.82. The van der Waals surface area contributed by atoms with Crippen molar-refractivity contribution in [2.24, 2.45) is 0 Å². The zero-order valence-electron chi connectivity index (χ0n) is 15.4. The van der Waals surface area contributed by atoms with Crippen LogP contribution in [-0.2, 0) is 9.53 Å². The van der Waals surface area contributed by atoms with Crippen molar-refractivity contribution in [1.82, 2.24) is 19.6 Å². The lowest BCUT2D eigenvalue weighted by Crippen LogP contribution is -2.31. The molecule has 25 heavy (non-hydrogen) atoms. The minimum Gasteiger partial charge on any atom is -0.455 e. The maximum Gasteiger partial charge on any atom is 0.357 e. The van der Waals surface area contributed by atoms with Crippen LogP contribution in [0.1, 0.15) is 65.1 Å². The molecule has 0 spiro atoms. The van der Waals surface area contributed by atoms with Crippen LogP contribution in [0.25, 0.3) is 16.6 Å². The summed E-state index contributed by atoms with van der Waals surface area (Å²) in [5.74, 6) is -0.617. The van der Waals surface area contributed by atoms with Gasteiger partial charge in [0.15, 0.2) is 0 Å². The third-order valence-electron chi connectivity index (χ3n) is 3.96. The van der Waals surface area contributed by atoms with E-state index >= 15 is 0 Å². The zero-order chi connectivity index (χ0) is 18.5. The first kappa shape index (κ1) is 17.4. The van der Waals surface area contributed by atoms with E-state index in [0.717, 1.165) is 17.5 Å². The Kier molecular flexibility index (Phi) is 4.05. The molecular formula is C18H24N4O3. The molecule has 2 aromatic heterocycles. The molecule has 0 unspecified atom stereocenters. The molecule has 134 valence electrons. The van der Waals surface area contributed by atoms with E-state index in [2.05, 4.69) is 16.8 Å². The number of carbonyl (C=O) groups is 1. The second-order valence-corrected chi connectivity index (χ2v) is 7.81. The largest absolute Gasteiger partial charge is 0.455 e. The molecule has 0 atom stereocenters. The van der Waals surface area contributed by atoms with Crippen molar-refractivity contribution in [3.05, 3.63) is 28.8 Å². The van der Waals surface area contributed by atoms with Gasteiger partial charge in [-0.2, -0.15) is 14.9 Å². The van der Waals surface area contributed by atoms with Crippen molar-refractivity contribution < 1.29 is 9.53 Å². The summed E-state index contributed by atoms with van der Waals surface area (Å²) >= 11 is 0. The lowest BCUT2D eigenvalue weighted by molar-refractivity contribution is -0.147. The van der Waals surface area contributed by atoms with Gasteiger partial charge in [-0.05, 0) is 39.5 Å². The lowest BCUT2D eigenvalue weighted by Gasteiger charge is -2.20. The summed E-state index contributed by atoms with van der Waals surface area (Å²) < 4.78 is 8.20. The van der Waals surface area contributed by atoms with Crippen molar-refractivity contribution >= 4 is 22.6 Å². The second-order valence-electron chi connectivity index (χ2n) is 7.81. The van der Waals surface area contributed by atoms with Crippen LogP contribution in [-0.4, -0.2) is 31.1 Å². The van der Waals surface area contributed by atoms with E-state index in [9.17, 15) is 9.59 Å². The maximum atomic E-state index is 12.8. The van der Waals surface area contributed by atoms with E-state index in [4.69, 9.17) is 4.74 Å². The van der Waals surface area contributed by atoms with Crippen molar-refractivity contribution in [2.45, 2.75) is 65.0 Å². The third-order valence-corrected chi connectivity index (χ3v) is 3.96. The van der Waals surface area contributed by atoms with Crippen LogP contribution in [0, 0.1) is 0 Å². The predicted octanol–water partition coefficient (Wildman–Crippen LogP) is 2.86. The van der Waals surface area contributed by atoms with Gasteiger partial charge in [0, 0.05) is 6.20 Å². The van der Waals surface area contributed by atoms with Crippen molar-refractivity contribution in [3.8, 4) is 0 Å². The van der Waals surface area contributed by atoms with E-state index in [1.165, 1.54) is 0 Å². The molecule has 2 heterocycles. The molecule has 7 nitrogen and oxygen atoms in total. The number of rotatable bonds is 4. The van der Waals surface area contributed by atoms with Crippen molar-refractivity contribution in [2.75, 3.05) is 0 Å². The van der Waals surface area contributed by atoms with Crippen molar-refractivity contribution in [1.29, 1.82) is 0 Å². The summed E-state index contributed by atoms with van der Waals surface area (Å²) in [4.78, 5) is 25.2. The number of nitrogens with zero attached hydrogens (tertiary/aromatic N) is 4. The van der Waals surface area contributed by atoms with Gasteiger partial charge in [0.05, 0.1) is 17.1 Å². The minimum absolute atomic E-state index is 0.0448. The normalized spacial score (nSPS) is 15.0. The minimum atomic E-state index is -0.675. The number of ether oxygens (including phenoxy) is 1. The molecule has 0 bridgehead atoms.